The van der Waals surface area contributed by atoms with Gasteiger partial charge in [0.15, 0.2) is 0 Å². The minimum atomic E-state index is 0.242. The second kappa shape index (κ2) is 8.93. The van der Waals surface area contributed by atoms with E-state index in [0.717, 1.165) is 37.8 Å². The van der Waals surface area contributed by atoms with Gasteiger partial charge < -0.3 is 19.4 Å². The highest BCUT2D eigenvalue weighted by atomic mass is 16.5. The van der Waals surface area contributed by atoms with Crippen molar-refractivity contribution in [2.75, 3.05) is 32.2 Å². The van der Waals surface area contributed by atoms with Crippen LogP contribution in [-0.4, -0.2) is 42.5 Å². The molecular weight excluding hydrogens is 242 g/mol. The second-order valence-corrected chi connectivity index (χ2v) is 4.87. The Kier molecular flexibility index (Phi) is 7.52. The van der Waals surface area contributed by atoms with Crippen molar-refractivity contribution in [3.63, 3.8) is 0 Å². The summed E-state index contributed by atoms with van der Waals surface area (Å²) in [7, 11) is 1.71. The van der Waals surface area contributed by atoms with Gasteiger partial charge in [0, 0.05) is 32.5 Å². The van der Waals surface area contributed by atoms with E-state index in [9.17, 15) is 0 Å². The maximum absolute atomic E-state index is 5.59. The monoisotopic (exact) mass is 269 g/mol. The molecule has 0 bridgehead atoms. The first-order chi connectivity index (χ1) is 9.17. The molecule has 1 unspecified atom stereocenters. The summed E-state index contributed by atoms with van der Waals surface area (Å²) in [6, 6.07) is 0.242. The first-order valence-corrected chi connectivity index (χ1v) is 7.04. The fourth-order valence-corrected chi connectivity index (χ4v) is 1.86. The summed E-state index contributed by atoms with van der Waals surface area (Å²) in [5, 5.41) is 3.36. The lowest BCUT2D eigenvalue weighted by molar-refractivity contribution is 0.123. The van der Waals surface area contributed by atoms with Crippen LogP contribution in [0.2, 0.25) is 0 Å². The third kappa shape index (κ3) is 6.07. The van der Waals surface area contributed by atoms with Gasteiger partial charge in [-0.2, -0.15) is 0 Å². The molecule has 0 radical (unpaired) electrons. The topological polar surface area (TPSA) is 48.3 Å². The van der Waals surface area contributed by atoms with Gasteiger partial charge in [-0.1, -0.05) is 13.3 Å². The third-order valence-corrected chi connectivity index (χ3v) is 2.81. The lowest BCUT2D eigenvalue weighted by Gasteiger charge is -2.15. The van der Waals surface area contributed by atoms with Gasteiger partial charge in [0.2, 0.25) is 5.95 Å². The van der Waals surface area contributed by atoms with Crippen LogP contribution in [0.5, 0.6) is 0 Å². The van der Waals surface area contributed by atoms with Gasteiger partial charge in [0.25, 0.3) is 0 Å². The Labute approximate surface area is 116 Å². The molecule has 0 spiro atoms. The van der Waals surface area contributed by atoms with E-state index in [0.29, 0.717) is 6.61 Å². The smallest absolute Gasteiger partial charge is 0.203 e. The molecule has 1 rings (SSSR count). The molecule has 5 nitrogen and oxygen atoms in total. The summed E-state index contributed by atoms with van der Waals surface area (Å²) < 4.78 is 12.8. The highest BCUT2D eigenvalue weighted by Crippen LogP contribution is 2.10. The number of methoxy groups -OCH3 is 1. The Morgan fingerprint density at radius 2 is 2.21 bits per heavy atom. The maximum Gasteiger partial charge on any atom is 0.203 e. The fraction of sp³-hybridized carbons (Fsp3) is 0.786. The highest BCUT2D eigenvalue weighted by Gasteiger charge is 2.08. The van der Waals surface area contributed by atoms with E-state index in [1.807, 2.05) is 13.1 Å². The number of anilines is 1. The van der Waals surface area contributed by atoms with Crippen molar-refractivity contribution in [2.45, 2.75) is 46.2 Å². The Morgan fingerprint density at radius 1 is 1.42 bits per heavy atom. The molecule has 110 valence electrons. The summed E-state index contributed by atoms with van der Waals surface area (Å²) in [5.74, 6) is 0.890. The highest BCUT2D eigenvalue weighted by molar-refractivity contribution is 5.30. The van der Waals surface area contributed by atoms with Crippen molar-refractivity contribution in [3.05, 3.63) is 11.9 Å². The van der Waals surface area contributed by atoms with Crippen LogP contribution < -0.4 is 5.32 Å². The predicted molar refractivity (Wildman–Crippen MR) is 77.7 cm³/mol. The van der Waals surface area contributed by atoms with E-state index in [-0.39, 0.29) is 6.04 Å². The molecule has 0 aliphatic heterocycles. The molecule has 0 aliphatic carbocycles. The SMILES string of the molecule is CCCCOCCn1cc(C)nc1NC(C)COC. The van der Waals surface area contributed by atoms with Crippen LogP contribution in [-0.2, 0) is 16.0 Å². The zero-order valence-corrected chi connectivity index (χ0v) is 12.6. The lowest BCUT2D eigenvalue weighted by atomic mass is 10.4. The number of unbranched alkanes of at least 4 members (excludes halogenated alkanes) is 1. The molecule has 0 amide bonds. The van der Waals surface area contributed by atoms with E-state index in [4.69, 9.17) is 9.47 Å². The van der Waals surface area contributed by atoms with Crippen LogP contribution in [0.3, 0.4) is 0 Å². The van der Waals surface area contributed by atoms with Gasteiger partial charge in [-0.05, 0) is 20.3 Å². The molecule has 1 N–H and O–H groups in total. The van der Waals surface area contributed by atoms with Crippen LogP contribution in [0.25, 0.3) is 0 Å². The minimum absolute atomic E-state index is 0.242. The van der Waals surface area contributed by atoms with Crippen LogP contribution in [0.4, 0.5) is 5.95 Å². The van der Waals surface area contributed by atoms with Gasteiger partial charge in [0.1, 0.15) is 0 Å². The first kappa shape index (κ1) is 16.0. The number of ether oxygens (including phenoxy) is 2. The van der Waals surface area contributed by atoms with Crippen LogP contribution in [0.15, 0.2) is 6.20 Å². The number of nitrogens with zero attached hydrogens (tertiary/aromatic N) is 2. The number of hydrogen-bond donors (Lipinski definition) is 1. The minimum Gasteiger partial charge on any atom is -0.383 e. The molecule has 1 atom stereocenters. The molecule has 1 heterocycles. The number of aryl methyl sites for hydroxylation is 1. The summed E-state index contributed by atoms with van der Waals surface area (Å²) in [6.45, 7) is 9.31. The zero-order valence-electron chi connectivity index (χ0n) is 12.6. The maximum atomic E-state index is 5.59. The standard InChI is InChI=1S/C14H27N3O2/c1-5-6-8-19-9-7-17-10-12(2)15-14(17)16-13(3)11-18-4/h10,13H,5-9,11H2,1-4H3,(H,15,16). The van der Waals surface area contributed by atoms with Gasteiger partial charge in [-0.15, -0.1) is 0 Å². The molecule has 0 aliphatic rings. The number of rotatable bonds is 10. The predicted octanol–water partition coefficient (Wildman–Crippen LogP) is 2.46. The van der Waals surface area contributed by atoms with Crippen LogP contribution in [0, 0.1) is 6.92 Å². The average molecular weight is 269 g/mol. The third-order valence-electron chi connectivity index (χ3n) is 2.81. The van der Waals surface area contributed by atoms with Gasteiger partial charge in [-0.25, -0.2) is 4.98 Å². The van der Waals surface area contributed by atoms with Crippen molar-refractivity contribution < 1.29 is 9.47 Å². The summed E-state index contributed by atoms with van der Waals surface area (Å²) in [5.41, 5.74) is 1.01. The van der Waals surface area contributed by atoms with Crippen molar-refractivity contribution in [1.29, 1.82) is 0 Å². The van der Waals surface area contributed by atoms with Crippen LogP contribution in [0.1, 0.15) is 32.4 Å². The largest absolute Gasteiger partial charge is 0.383 e. The van der Waals surface area contributed by atoms with Crippen molar-refractivity contribution in [1.82, 2.24) is 9.55 Å². The van der Waals surface area contributed by atoms with Crippen molar-refractivity contribution in [2.24, 2.45) is 0 Å². The van der Waals surface area contributed by atoms with Crippen molar-refractivity contribution in [3.8, 4) is 0 Å². The van der Waals surface area contributed by atoms with E-state index < -0.39 is 0 Å². The van der Waals surface area contributed by atoms with Gasteiger partial charge >= 0.3 is 0 Å². The number of hydrogen-bond acceptors (Lipinski definition) is 4. The van der Waals surface area contributed by atoms with E-state index >= 15 is 0 Å². The molecule has 0 aromatic carbocycles. The quantitative estimate of drug-likeness (QED) is 0.663. The molecule has 0 saturated carbocycles. The molecule has 0 saturated heterocycles. The Balaban J connectivity index is 2.43. The van der Waals surface area contributed by atoms with Gasteiger partial charge in [0.05, 0.1) is 18.9 Å². The van der Waals surface area contributed by atoms with E-state index in [1.165, 1.54) is 6.42 Å². The summed E-state index contributed by atoms with van der Waals surface area (Å²) in [4.78, 5) is 4.49. The molecule has 5 heteroatoms. The Bertz CT molecular complexity index is 352. The Hall–Kier alpha value is -1.07. The molecule has 1 aromatic heterocycles. The molecule has 19 heavy (non-hydrogen) atoms. The normalized spacial score (nSPS) is 12.6. The van der Waals surface area contributed by atoms with Gasteiger partial charge in [-0.3, -0.25) is 0 Å². The van der Waals surface area contributed by atoms with E-state index in [1.54, 1.807) is 7.11 Å². The van der Waals surface area contributed by atoms with E-state index in [2.05, 4.69) is 28.7 Å². The number of imidazole rings is 1. The molecule has 0 fully saturated rings. The van der Waals surface area contributed by atoms with Crippen LogP contribution >= 0.6 is 0 Å². The molecule has 1 aromatic rings. The number of nitrogens with one attached hydrogen (secondary N) is 1. The second-order valence-electron chi connectivity index (χ2n) is 4.87. The van der Waals surface area contributed by atoms with Crippen molar-refractivity contribution >= 4 is 5.95 Å². The first-order valence-electron chi connectivity index (χ1n) is 7.04. The molecular formula is C14H27N3O2. The summed E-state index contributed by atoms with van der Waals surface area (Å²) >= 11 is 0. The zero-order chi connectivity index (χ0) is 14.1. The lowest BCUT2D eigenvalue weighted by Crippen LogP contribution is -2.23. The fourth-order valence-electron chi connectivity index (χ4n) is 1.86. The Morgan fingerprint density at radius 3 is 2.89 bits per heavy atom. The average Bonchev–Trinajstić information content (AvgIpc) is 2.69. The summed E-state index contributed by atoms with van der Waals surface area (Å²) in [6.07, 6.45) is 4.34. The number of aromatic nitrogens is 2.